The number of halogens is 3. The van der Waals surface area contributed by atoms with Gasteiger partial charge in [-0.2, -0.15) is 0 Å². The lowest BCUT2D eigenvalue weighted by molar-refractivity contribution is -0.114. The largest absolute Gasteiger partial charge is 0.514 e. The van der Waals surface area contributed by atoms with Crippen molar-refractivity contribution in [3.8, 4) is 22.9 Å². The van der Waals surface area contributed by atoms with Crippen molar-refractivity contribution in [1.29, 1.82) is 0 Å². The van der Waals surface area contributed by atoms with E-state index in [0.29, 0.717) is 0 Å². The lowest BCUT2D eigenvalue weighted by Gasteiger charge is -2.14. The summed E-state index contributed by atoms with van der Waals surface area (Å²) in [6.45, 7) is 1.01. The van der Waals surface area contributed by atoms with Gasteiger partial charge < -0.3 is 24.3 Å². The number of aromatic nitrogens is 1. The van der Waals surface area contributed by atoms with Crippen LogP contribution in [0, 0.1) is 5.82 Å². The molecule has 28 heavy (non-hydrogen) atoms. The molecule has 150 valence electrons. The number of amides is 1. The number of ether oxygens (including phenoxy) is 4. The molecule has 0 spiro atoms. The first-order chi connectivity index (χ1) is 13.3. The molecule has 1 N–H and O–H groups in total. The van der Waals surface area contributed by atoms with Crippen LogP contribution in [0.15, 0.2) is 18.2 Å². The summed E-state index contributed by atoms with van der Waals surface area (Å²) in [6, 6.07) is 4.04. The third-order valence-corrected chi connectivity index (χ3v) is 3.89. The number of nitrogens with one attached hydrogen (secondary N) is 1. The first kappa shape index (κ1) is 21.7. The number of rotatable bonds is 6. The predicted octanol–water partition coefficient (Wildman–Crippen LogP) is 4.28. The van der Waals surface area contributed by atoms with Gasteiger partial charge in [0.25, 0.3) is 0 Å². The van der Waals surface area contributed by atoms with Crippen LogP contribution in [0.3, 0.4) is 0 Å². The minimum absolute atomic E-state index is 0.0107. The molecule has 2 aromatic rings. The second-order valence-corrected chi connectivity index (χ2v) is 5.99. The van der Waals surface area contributed by atoms with E-state index in [2.05, 4.69) is 15.0 Å². The van der Waals surface area contributed by atoms with E-state index < -0.39 is 17.9 Å². The highest BCUT2D eigenvalue weighted by molar-refractivity contribution is 6.35. The zero-order valence-corrected chi connectivity index (χ0v) is 16.5. The number of benzene rings is 1. The van der Waals surface area contributed by atoms with Crippen molar-refractivity contribution in [2.75, 3.05) is 26.3 Å². The minimum Gasteiger partial charge on any atom is -0.463 e. The molecule has 0 saturated heterocycles. The smallest absolute Gasteiger partial charge is 0.463 e. The topological polar surface area (TPSA) is 96.0 Å². The summed E-state index contributed by atoms with van der Waals surface area (Å²) in [5.41, 5.74) is -0.0104. The number of methoxy groups -OCH3 is 2. The van der Waals surface area contributed by atoms with Gasteiger partial charge in [0.2, 0.25) is 11.8 Å². The molecule has 11 heteroatoms. The van der Waals surface area contributed by atoms with E-state index >= 15 is 0 Å². The van der Waals surface area contributed by atoms with E-state index in [-0.39, 0.29) is 45.4 Å². The van der Waals surface area contributed by atoms with Crippen molar-refractivity contribution >= 4 is 41.0 Å². The molecule has 2 rings (SSSR count). The fraction of sp³-hybridized carbons (Fsp3) is 0.235. The molecule has 0 aliphatic carbocycles. The number of carbonyl (C=O) groups excluding carboxylic acids is 2. The van der Waals surface area contributed by atoms with Gasteiger partial charge >= 0.3 is 6.16 Å². The van der Waals surface area contributed by atoms with E-state index in [1.54, 1.807) is 0 Å². The van der Waals surface area contributed by atoms with Crippen LogP contribution in [0.4, 0.5) is 14.9 Å². The maximum atomic E-state index is 14.9. The SMILES string of the molecule is COCOc1c(Cl)ccc(-c2cc(NC(C)=O)c(Cl)c(OC(=O)OC)n2)c1F. The monoisotopic (exact) mass is 432 g/mol. The summed E-state index contributed by atoms with van der Waals surface area (Å²) in [5, 5.41) is 2.29. The summed E-state index contributed by atoms with van der Waals surface area (Å²) in [5.74, 6) is -1.93. The third kappa shape index (κ3) is 5.00. The van der Waals surface area contributed by atoms with Gasteiger partial charge in [-0.05, 0) is 18.2 Å². The minimum atomic E-state index is -1.10. The quantitative estimate of drug-likeness (QED) is 0.537. The van der Waals surface area contributed by atoms with Gasteiger partial charge in [-0.3, -0.25) is 4.79 Å². The number of nitrogens with zero attached hydrogens (tertiary/aromatic N) is 1. The Labute approximate surface area is 169 Å². The van der Waals surface area contributed by atoms with Crippen LogP contribution in [0.25, 0.3) is 11.3 Å². The number of anilines is 1. The van der Waals surface area contributed by atoms with Crippen molar-refractivity contribution in [2.45, 2.75) is 6.92 Å². The third-order valence-electron chi connectivity index (χ3n) is 3.23. The zero-order valence-electron chi connectivity index (χ0n) is 15.0. The van der Waals surface area contributed by atoms with Crippen LogP contribution in [0.2, 0.25) is 10.0 Å². The Balaban J connectivity index is 2.62. The Morgan fingerprint density at radius 1 is 1.25 bits per heavy atom. The molecule has 0 atom stereocenters. The van der Waals surface area contributed by atoms with Crippen LogP contribution >= 0.6 is 23.2 Å². The molecule has 0 radical (unpaired) electrons. The first-order valence-electron chi connectivity index (χ1n) is 7.62. The molecule has 0 saturated carbocycles. The normalized spacial score (nSPS) is 10.4. The highest BCUT2D eigenvalue weighted by Gasteiger charge is 2.21. The predicted molar refractivity (Wildman–Crippen MR) is 99.5 cm³/mol. The summed E-state index contributed by atoms with van der Waals surface area (Å²) in [6.07, 6.45) is -1.10. The standard InChI is InChI=1S/C17H15Cl2FN2O6/c1-8(23)21-12-6-11(22-16(13(12)19)28-17(24)26-3)9-4-5-10(18)15(14(9)20)27-7-25-2/h4-6H,7H2,1-3H3,(H,21,22,23). The van der Waals surface area contributed by atoms with Crippen LogP contribution in [-0.4, -0.2) is 38.1 Å². The number of pyridine rings is 1. The fourth-order valence-corrected chi connectivity index (χ4v) is 2.48. The highest BCUT2D eigenvalue weighted by atomic mass is 35.5. The van der Waals surface area contributed by atoms with E-state index in [0.717, 1.165) is 7.11 Å². The van der Waals surface area contributed by atoms with Crippen LogP contribution in [0.5, 0.6) is 11.6 Å². The summed E-state index contributed by atoms with van der Waals surface area (Å²) >= 11 is 12.1. The molecule has 0 bridgehead atoms. The van der Waals surface area contributed by atoms with Crippen LogP contribution < -0.4 is 14.8 Å². The second kappa shape index (κ2) is 9.54. The van der Waals surface area contributed by atoms with Crippen molar-refractivity contribution in [1.82, 2.24) is 4.98 Å². The Bertz CT molecular complexity index is 910. The average molecular weight is 433 g/mol. The van der Waals surface area contributed by atoms with E-state index in [1.807, 2.05) is 0 Å². The van der Waals surface area contributed by atoms with Gasteiger partial charge in [0.15, 0.2) is 18.4 Å². The summed E-state index contributed by atoms with van der Waals surface area (Å²) in [4.78, 5) is 26.9. The lowest BCUT2D eigenvalue weighted by Crippen LogP contribution is -2.12. The average Bonchev–Trinajstić information content (AvgIpc) is 2.64. The van der Waals surface area contributed by atoms with E-state index in [1.165, 1.54) is 32.2 Å². The Kier molecular flexibility index (Phi) is 7.38. The molecule has 0 aliphatic heterocycles. The molecular weight excluding hydrogens is 418 g/mol. The van der Waals surface area contributed by atoms with Gasteiger partial charge in [-0.25, -0.2) is 14.2 Å². The Hall–Kier alpha value is -2.62. The molecule has 0 unspecified atom stereocenters. The molecule has 1 aromatic heterocycles. The van der Waals surface area contributed by atoms with Gasteiger partial charge in [0.1, 0.15) is 5.02 Å². The maximum absolute atomic E-state index is 14.9. The van der Waals surface area contributed by atoms with Gasteiger partial charge in [-0.15, -0.1) is 0 Å². The Morgan fingerprint density at radius 3 is 2.57 bits per heavy atom. The van der Waals surface area contributed by atoms with Crippen molar-refractivity contribution < 1.29 is 32.9 Å². The Morgan fingerprint density at radius 2 is 1.96 bits per heavy atom. The van der Waals surface area contributed by atoms with Crippen molar-refractivity contribution in [3.05, 3.63) is 34.1 Å². The van der Waals surface area contributed by atoms with Gasteiger partial charge in [0.05, 0.1) is 23.5 Å². The van der Waals surface area contributed by atoms with E-state index in [4.69, 9.17) is 37.4 Å². The van der Waals surface area contributed by atoms with E-state index in [9.17, 15) is 14.0 Å². The molecular formula is C17H15Cl2FN2O6. The first-order valence-corrected chi connectivity index (χ1v) is 8.38. The number of carbonyl (C=O) groups is 2. The zero-order chi connectivity index (χ0) is 20.8. The molecule has 0 fully saturated rings. The van der Waals surface area contributed by atoms with Crippen molar-refractivity contribution in [3.63, 3.8) is 0 Å². The fourth-order valence-electron chi connectivity index (χ4n) is 2.09. The number of hydrogen-bond acceptors (Lipinski definition) is 7. The summed E-state index contributed by atoms with van der Waals surface area (Å²) < 4.78 is 34.1. The molecule has 1 heterocycles. The molecule has 1 aromatic carbocycles. The van der Waals surface area contributed by atoms with Crippen LogP contribution in [-0.2, 0) is 14.3 Å². The molecule has 1 amide bonds. The van der Waals surface area contributed by atoms with Crippen molar-refractivity contribution in [2.24, 2.45) is 0 Å². The molecule has 0 aliphatic rings. The molecule has 8 nitrogen and oxygen atoms in total. The maximum Gasteiger partial charge on any atom is 0.514 e. The number of hydrogen-bond donors (Lipinski definition) is 1. The second-order valence-electron chi connectivity index (χ2n) is 5.20. The summed E-state index contributed by atoms with van der Waals surface area (Å²) in [7, 11) is 2.46. The lowest BCUT2D eigenvalue weighted by atomic mass is 10.1. The highest BCUT2D eigenvalue weighted by Crippen LogP contribution is 2.39. The van der Waals surface area contributed by atoms with Crippen LogP contribution in [0.1, 0.15) is 6.92 Å². The van der Waals surface area contributed by atoms with Gasteiger partial charge in [0, 0.05) is 19.6 Å². The van der Waals surface area contributed by atoms with Gasteiger partial charge in [-0.1, -0.05) is 23.2 Å².